The van der Waals surface area contributed by atoms with Gasteiger partial charge in [0.15, 0.2) is 35.7 Å². The molecule has 0 amide bonds. The molecule has 6 fully saturated rings. The maximum atomic E-state index is 6.16. The van der Waals surface area contributed by atoms with Crippen molar-refractivity contribution < 1.29 is 61.6 Å². The maximum absolute atomic E-state index is 6.16. The average molecular weight is 591 g/mol. The molecule has 0 spiro atoms. The Morgan fingerprint density at radius 1 is 0.390 bits per heavy atom. The summed E-state index contributed by atoms with van der Waals surface area (Å²) in [4.78, 5) is 0. The van der Waals surface area contributed by atoms with Crippen LogP contribution in [-0.2, 0) is 61.6 Å². The fraction of sp³-hybridized carbons (Fsp3) is 1.00. The first-order valence-electron chi connectivity index (χ1n) is 14.7. The minimum absolute atomic E-state index is 0.298. The van der Waals surface area contributed by atoms with Crippen LogP contribution in [0, 0.1) is 0 Å². The van der Waals surface area contributed by atoms with Crippen molar-refractivity contribution in [2.24, 2.45) is 0 Å². The van der Waals surface area contributed by atoms with Crippen LogP contribution in [0.25, 0.3) is 0 Å². The van der Waals surface area contributed by atoms with Crippen molar-refractivity contribution in [1.82, 2.24) is 0 Å². The zero-order chi connectivity index (χ0) is 29.2. The van der Waals surface area contributed by atoms with Gasteiger partial charge in [-0.2, -0.15) is 0 Å². The molecule has 0 aromatic carbocycles. The van der Waals surface area contributed by atoms with E-state index in [1.807, 2.05) is 55.4 Å². The van der Waals surface area contributed by atoms with Crippen molar-refractivity contribution in [2.75, 3.05) is 39.6 Å². The minimum atomic E-state index is -0.751. The van der Waals surface area contributed by atoms with Gasteiger partial charge in [0.2, 0.25) is 0 Å². The Kier molecular flexibility index (Phi) is 8.28. The van der Waals surface area contributed by atoms with Crippen molar-refractivity contribution in [2.45, 2.75) is 140 Å². The summed E-state index contributed by atoms with van der Waals surface area (Å²) in [7, 11) is 0. The van der Waals surface area contributed by atoms with Crippen molar-refractivity contribution in [1.29, 1.82) is 0 Å². The lowest BCUT2D eigenvalue weighted by Gasteiger charge is -2.37. The second-order valence-electron chi connectivity index (χ2n) is 13.2. The lowest BCUT2D eigenvalue weighted by atomic mass is 9.99. The van der Waals surface area contributed by atoms with Crippen molar-refractivity contribution in [3.05, 3.63) is 0 Å². The summed E-state index contributed by atoms with van der Waals surface area (Å²) < 4.78 is 78.3. The molecule has 6 saturated heterocycles. The Bertz CT molecular complexity index is 853. The lowest BCUT2D eigenvalue weighted by Crippen LogP contribution is -2.56. The van der Waals surface area contributed by atoms with Crippen LogP contribution in [-0.4, -0.2) is 124 Å². The molecule has 0 aliphatic carbocycles. The molecule has 0 radical (unpaired) electrons. The maximum Gasteiger partial charge on any atom is 0.190 e. The molecule has 0 N–H and O–H groups in total. The molecule has 6 heterocycles. The van der Waals surface area contributed by atoms with Gasteiger partial charge >= 0.3 is 0 Å². The molecule has 6 aliphatic rings. The fourth-order valence-electron chi connectivity index (χ4n) is 6.39. The highest BCUT2D eigenvalue weighted by Gasteiger charge is 2.62. The summed E-state index contributed by atoms with van der Waals surface area (Å²) >= 11 is 0. The molecule has 0 unspecified atom stereocenters. The summed E-state index contributed by atoms with van der Waals surface area (Å²) in [6.45, 7) is 17.2. The highest BCUT2D eigenvalue weighted by atomic mass is 16.9. The van der Waals surface area contributed by atoms with Gasteiger partial charge in [0.05, 0.1) is 39.6 Å². The number of ether oxygens (including phenoxy) is 13. The van der Waals surface area contributed by atoms with Crippen LogP contribution < -0.4 is 0 Å². The predicted molar refractivity (Wildman–Crippen MR) is 138 cm³/mol. The Labute approximate surface area is 241 Å². The zero-order valence-corrected chi connectivity index (χ0v) is 25.3. The van der Waals surface area contributed by atoms with Gasteiger partial charge in [0.1, 0.15) is 48.8 Å². The number of hydrogen-bond acceptors (Lipinski definition) is 13. The van der Waals surface area contributed by atoms with Crippen LogP contribution in [0.15, 0.2) is 0 Å². The van der Waals surface area contributed by atoms with E-state index in [-0.39, 0.29) is 48.8 Å². The van der Waals surface area contributed by atoms with Crippen LogP contribution in [0.1, 0.15) is 55.4 Å². The smallest absolute Gasteiger partial charge is 0.190 e. The number of hydrogen-bond donors (Lipinski definition) is 0. The monoisotopic (exact) mass is 590 g/mol. The van der Waals surface area contributed by atoms with Gasteiger partial charge < -0.3 is 61.6 Å². The molecular formula is C28H46O13. The highest BCUT2D eigenvalue weighted by Crippen LogP contribution is 2.45. The first-order valence-corrected chi connectivity index (χ1v) is 14.7. The third kappa shape index (κ3) is 6.63. The topological polar surface area (TPSA) is 120 Å². The van der Waals surface area contributed by atoms with Crippen LogP contribution in [0.4, 0.5) is 0 Å². The number of fused-ring (bicyclic) bond motifs is 6. The minimum Gasteiger partial charge on any atom is -0.377 e. The second kappa shape index (κ2) is 11.1. The van der Waals surface area contributed by atoms with E-state index in [0.29, 0.717) is 39.6 Å². The molecule has 236 valence electrons. The largest absolute Gasteiger partial charge is 0.377 e. The molecule has 13 nitrogen and oxygen atoms in total. The van der Waals surface area contributed by atoms with Crippen molar-refractivity contribution in [3.63, 3.8) is 0 Å². The molecule has 41 heavy (non-hydrogen) atoms. The van der Waals surface area contributed by atoms with E-state index in [1.54, 1.807) is 0 Å². The van der Waals surface area contributed by atoms with Crippen LogP contribution >= 0.6 is 0 Å². The van der Waals surface area contributed by atoms with E-state index >= 15 is 0 Å². The predicted octanol–water partition coefficient (Wildman–Crippen LogP) is 1.83. The van der Waals surface area contributed by atoms with Gasteiger partial charge in [-0.15, -0.1) is 0 Å². The molecule has 0 aromatic heterocycles. The van der Waals surface area contributed by atoms with Gasteiger partial charge in [-0.05, 0) is 55.4 Å². The first kappa shape index (κ1) is 30.5. The van der Waals surface area contributed by atoms with E-state index in [4.69, 9.17) is 61.6 Å². The molecule has 6 rings (SSSR count). The summed E-state index contributed by atoms with van der Waals surface area (Å²) in [5.74, 6) is -2.98. The SMILES string of the molecule is CC1(C)O[C@H]2[C@@H](O1)[C@@H](COCCOCCOC[C@H]1O[C@H]3OC(C)(C)O[C@@H]3[C@H]3OC(C)(C)O[C@H]31)O[C@H]1OC(C)(C)O[C@@H]12. The molecular weight excluding hydrogens is 544 g/mol. The summed E-state index contributed by atoms with van der Waals surface area (Å²) in [5.41, 5.74) is 0. The van der Waals surface area contributed by atoms with E-state index in [0.717, 1.165) is 0 Å². The Morgan fingerprint density at radius 2 is 0.707 bits per heavy atom. The molecule has 13 heteroatoms. The lowest BCUT2D eigenvalue weighted by molar-refractivity contribution is -0.244. The fourth-order valence-corrected chi connectivity index (χ4v) is 6.39. The van der Waals surface area contributed by atoms with Gasteiger partial charge in [-0.25, -0.2) is 0 Å². The molecule has 0 bridgehead atoms. The van der Waals surface area contributed by atoms with E-state index < -0.39 is 35.7 Å². The van der Waals surface area contributed by atoms with Gasteiger partial charge in [0, 0.05) is 0 Å². The van der Waals surface area contributed by atoms with Crippen LogP contribution in [0.3, 0.4) is 0 Å². The summed E-state index contributed by atoms with van der Waals surface area (Å²) in [6, 6.07) is 0. The van der Waals surface area contributed by atoms with Crippen molar-refractivity contribution in [3.8, 4) is 0 Å². The Morgan fingerprint density at radius 3 is 1.12 bits per heavy atom. The highest BCUT2D eigenvalue weighted by molar-refractivity contribution is 5.01. The van der Waals surface area contributed by atoms with E-state index in [9.17, 15) is 0 Å². The quantitative estimate of drug-likeness (QED) is 0.345. The molecule has 0 aromatic rings. The van der Waals surface area contributed by atoms with Gasteiger partial charge in [-0.1, -0.05) is 0 Å². The Balaban J connectivity index is 0.892. The van der Waals surface area contributed by atoms with Crippen molar-refractivity contribution >= 4 is 0 Å². The normalized spacial score (nSPS) is 44.8. The number of rotatable bonds is 10. The third-order valence-corrected chi connectivity index (χ3v) is 7.81. The zero-order valence-electron chi connectivity index (χ0n) is 25.3. The van der Waals surface area contributed by atoms with Crippen LogP contribution in [0.5, 0.6) is 0 Å². The second-order valence-corrected chi connectivity index (χ2v) is 13.2. The van der Waals surface area contributed by atoms with E-state index in [2.05, 4.69) is 0 Å². The summed E-state index contributed by atoms with van der Waals surface area (Å²) in [6.07, 6.45) is -3.71. The Hall–Kier alpha value is -0.520. The average Bonchev–Trinajstić information content (AvgIpc) is 3.55. The van der Waals surface area contributed by atoms with Gasteiger partial charge in [-0.3, -0.25) is 0 Å². The van der Waals surface area contributed by atoms with Crippen LogP contribution in [0.2, 0.25) is 0 Å². The molecule has 6 aliphatic heterocycles. The molecule has 10 atom stereocenters. The van der Waals surface area contributed by atoms with E-state index in [1.165, 1.54) is 0 Å². The van der Waals surface area contributed by atoms with Gasteiger partial charge in [0.25, 0.3) is 0 Å². The standard InChI is InChI=1S/C28H46O13/c1-25(2)34-17-15(32-23-21(19(17)36-25)38-27(5,6)40-23)13-30-11-9-29-10-12-31-14-16-18-20(37-26(3,4)35-18)22-24(33-16)41-28(7,8)39-22/h15-24H,9-14H2,1-8H3/t15-,16-,17+,18+,19+,20+,21-,22-,23+,24+/m1/s1. The summed E-state index contributed by atoms with van der Waals surface area (Å²) in [5, 5.41) is 0. The third-order valence-electron chi connectivity index (χ3n) is 7.81. The first-order chi connectivity index (χ1) is 19.2. The molecule has 0 saturated carbocycles.